The largest absolute Gasteiger partial charge is 0.573 e. The van der Waals surface area contributed by atoms with Gasteiger partial charge in [0, 0.05) is 0 Å². The van der Waals surface area contributed by atoms with Crippen LogP contribution in [0.1, 0.15) is 12.0 Å². The highest BCUT2D eigenvalue weighted by molar-refractivity contribution is 5.70. The van der Waals surface area contributed by atoms with E-state index in [2.05, 4.69) is 16.6 Å². The van der Waals surface area contributed by atoms with Gasteiger partial charge in [0.2, 0.25) is 0 Å². The molecule has 0 atom stereocenters. The molecule has 0 aliphatic carbocycles. The van der Waals surface area contributed by atoms with Crippen molar-refractivity contribution in [2.45, 2.75) is 12.8 Å². The van der Waals surface area contributed by atoms with E-state index in [0.29, 0.717) is 0 Å². The molecule has 0 heterocycles. The molecule has 0 radical (unpaired) electrons. The van der Waals surface area contributed by atoms with Gasteiger partial charge < -0.3 is 9.84 Å². The van der Waals surface area contributed by atoms with E-state index in [1.54, 1.807) is 0 Å². The summed E-state index contributed by atoms with van der Waals surface area (Å²) in [4.78, 5) is 10.2. The van der Waals surface area contributed by atoms with Crippen molar-refractivity contribution in [1.82, 2.24) is 0 Å². The molecule has 90 valence electrons. The summed E-state index contributed by atoms with van der Waals surface area (Å²) in [7, 11) is 0. The number of hydrogen-bond donors (Lipinski definition) is 1. The molecule has 0 aliphatic heterocycles. The van der Waals surface area contributed by atoms with Crippen molar-refractivity contribution in [2.75, 3.05) is 0 Å². The summed E-state index contributed by atoms with van der Waals surface area (Å²) in [6.45, 7) is 0. The maximum atomic E-state index is 12.0. The highest BCUT2D eigenvalue weighted by Gasteiger charge is 2.31. The Morgan fingerprint density at radius 2 is 2.00 bits per heavy atom. The zero-order chi connectivity index (χ0) is 12.9. The average Bonchev–Trinajstić information content (AvgIpc) is 2.17. The Hall–Kier alpha value is -2.16. The Bertz CT molecular complexity index is 469. The minimum absolute atomic E-state index is 0.00826. The maximum absolute atomic E-state index is 12.0. The predicted octanol–water partition coefficient (Wildman–Crippen LogP) is 2.41. The fraction of sp³-hybridized carbons (Fsp3) is 0.182. The van der Waals surface area contributed by atoms with Crippen molar-refractivity contribution in [3.8, 4) is 17.6 Å². The first-order valence-electron chi connectivity index (χ1n) is 4.44. The molecular formula is C11H7F3O3. The first-order chi connectivity index (χ1) is 7.88. The summed E-state index contributed by atoms with van der Waals surface area (Å²) in [6, 6.07) is 5.27. The topological polar surface area (TPSA) is 46.5 Å². The molecule has 0 aliphatic rings. The van der Waals surface area contributed by atoms with E-state index in [9.17, 15) is 18.0 Å². The van der Waals surface area contributed by atoms with Gasteiger partial charge in [-0.25, -0.2) is 0 Å². The second kappa shape index (κ2) is 5.25. The molecule has 1 aromatic rings. The van der Waals surface area contributed by atoms with Crippen molar-refractivity contribution in [3.63, 3.8) is 0 Å². The van der Waals surface area contributed by atoms with Gasteiger partial charge in [-0.1, -0.05) is 24.0 Å². The molecule has 0 saturated carbocycles. The lowest BCUT2D eigenvalue weighted by Gasteiger charge is -2.09. The number of aliphatic carboxylic acids is 1. The third kappa shape index (κ3) is 4.93. The summed E-state index contributed by atoms with van der Waals surface area (Å²) in [6.07, 6.45) is -5.25. The SMILES string of the molecule is O=C(O)CC#Cc1ccccc1OC(F)(F)F. The number of carboxylic acids is 1. The molecule has 1 rings (SSSR count). The summed E-state index contributed by atoms with van der Waals surface area (Å²) < 4.78 is 39.8. The highest BCUT2D eigenvalue weighted by atomic mass is 19.4. The Balaban J connectivity index is 2.91. The zero-order valence-electron chi connectivity index (χ0n) is 8.41. The van der Waals surface area contributed by atoms with Gasteiger partial charge in [0.15, 0.2) is 0 Å². The van der Waals surface area contributed by atoms with Crippen molar-refractivity contribution >= 4 is 5.97 Å². The van der Waals surface area contributed by atoms with Gasteiger partial charge in [-0.05, 0) is 12.1 Å². The van der Waals surface area contributed by atoms with Crippen molar-refractivity contribution in [1.29, 1.82) is 0 Å². The number of alkyl halides is 3. The van der Waals surface area contributed by atoms with Crippen LogP contribution in [0.3, 0.4) is 0 Å². The van der Waals surface area contributed by atoms with Crippen LogP contribution < -0.4 is 4.74 Å². The second-order valence-corrected chi connectivity index (χ2v) is 2.92. The van der Waals surface area contributed by atoms with Crippen LogP contribution >= 0.6 is 0 Å². The molecule has 1 N–H and O–H groups in total. The Morgan fingerprint density at radius 3 is 2.59 bits per heavy atom. The average molecular weight is 244 g/mol. The van der Waals surface area contributed by atoms with Crippen LogP contribution in [0.15, 0.2) is 24.3 Å². The van der Waals surface area contributed by atoms with Crippen molar-refractivity contribution in [2.24, 2.45) is 0 Å². The summed E-state index contributed by atoms with van der Waals surface area (Å²) in [5.41, 5.74) is -0.00826. The number of rotatable bonds is 2. The van der Waals surface area contributed by atoms with E-state index >= 15 is 0 Å². The molecule has 17 heavy (non-hydrogen) atoms. The number of carboxylic acid groups (broad SMARTS) is 1. The van der Waals surface area contributed by atoms with Gasteiger partial charge in [-0.2, -0.15) is 0 Å². The van der Waals surface area contributed by atoms with Gasteiger partial charge in [-0.15, -0.1) is 13.2 Å². The summed E-state index contributed by atoms with van der Waals surface area (Å²) in [5, 5.41) is 8.33. The molecule has 0 spiro atoms. The molecule has 0 saturated heterocycles. The molecule has 0 amide bonds. The van der Waals surface area contributed by atoms with Gasteiger partial charge in [0.1, 0.15) is 12.2 Å². The number of ether oxygens (including phenoxy) is 1. The lowest BCUT2D eigenvalue weighted by molar-refractivity contribution is -0.274. The van der Waals surface area contributed by atoms with E-state index in [1.165, 1.54) is 18.2 Å². The van der Waals surface area contributed by atoms with Gasteiger partial charge in [-0.3, -0.25) is 4.79 Å². The quantitative estimate of drug-likeness (QED) is 0.812. The molecule has 0 unspecified atom stereocenters. The van der Waals surface area contributed by atoms with E-state index in [1.807, 2.05) is 0 Å². The smallest absolute Gasteiger partial charge is 0.481 e. The minimum Gasteiger partial charge on any atom is -0.481 e. The third-order valence-corrected chi connectivity index (χ3v) is 1.58. The standard InChI is InChI=1S/C11H7F3O3/c12-11(13,14)17-9-6-2-1-4-8(9)5-3-7-10(15)16/h1-2,4,6H,7H2,(H,15,16). The van der Waals surface area contributed by atoms with Crippen LogP contribution in [0.2, 0.25) is 0 Å². The van der Waals surface area contributed by atoms with Gasteiger partial charge in [0.05, 0.1) is 5.56 Å². The van der Waals surface area contributed by atoms with Crippen LogP contribution in [0.5, 0.6) is 5.75 Å². The molecule has 3 nitrogen and oxygen atoms in total. The summed E-state index contributed by atoms with van der Waals surface area (Å²) >= 11 is 0. The van der Waals surface area contributed by atoms with Crippen LogP contribution in [0.4, 0.5) is 13.2 Å². The number of hydrogen-bond acceptors (Lipinski definition) is 2. The van der Waals surface area contributed by atoms with Crippen molar-refractivity contribution in [3.05, 3.63) is 29.8 Å². The maximum Gasteiger partial charge on any atom is 0.573 e. The van der Waals surface area contributed by atoms with Crippen LogP contribution in [-0.2, 0) is 4.79 Å². The molecular weight excluding hydrogens is 237 g/mol. The van der Waals surface area contributed by atoms with E-state index in [0.717, 1.165) is 6.07 Å². The Kier molecular flexibility index (Phi) is 3.99. The normalized spacial score (nSPS) is 10.3. The fourth-order valence-corrected chi connectivity index (χ4v) is 0.999. The first kappa shape index (κ1) is 12.9. The van der Waals surface area contributed by atoms with E-state index < -0.39 is 24.5 Å². The molecule has 0 fully saturated rings. The lowest BCUT2D eigenvalue weighted by atomic mass is 10.2. The Labute approximate surface area is 94.8 Å². The van der Waals surface area contributed by atoms with Crippen LogP contribution in [-0.4, -0.2) is 17.4 Å². The molecule has 0 aromatic heterocycles. The lowest BCUT2D eigenvalue weighted by Crippen LogP contribution is -2.17. The number of halogens is 3. The van der Waals surface area contributed by atoms with Crippen LogP contribution in [0.25, 0.3) is 0 Å². The van der Waals surface area contributed by atoms with Gasteiger partial charge >= 0.3 is 12.3 Å². The van der Waals surface area contributed by atoms with Gasteiger partial charge in [0.25, 0.3) is 0 Å². The first-order valence-corrected chi connectivity index (χ1v) is 4.44. The van der Waals surface area contributed by atoms with Crippen molar-refractivity contribution < 1.29 is 27.8 Å². The van der Waals surface area contributed by atoms with E-state index in [-0.39, 0.29) is 5.56 Å². The number of benzene rings is 1. The zero-order valence-corrected chi connectivity index (χ0v) is 8.41. The summed E-state index contributed by atoms with van der Waals surface area (Å²) in [5.74, 6) is 2.95. The van der Waals surface area contributed by atoms with Crippen LogP contribution in [0, 0.1) is 11.8 Å². The Morgan fingerprint density at radius 1 is 1.35 bits per heavy atom. The molecule has 0 bridgehead atoms. The number of carbonyl (C=O) groups is 1. The van der Waals surface area contributed by atoms with E-state index in [4.69, 9.17) is 5.11 Å². The number of para-hydroxylation sites is 1. The second-order valence-electron chi connectivity index (χ2n) is 2.92. The molecule has 1 aromatic carbocycles. The predicted molar refractivity (Wildman–Crippen MR) is 52.3 cm³/mol. The fourth-order valence-electron chi connectivity index (χ4n) is 0.999. The monoisotopic (exact) mass is 244 g/mol. The molecule has 6 heteroatoms. The third-order valence-electron chi connectivity index (χ3n) is 1.58. The highest BCUT2D eigenvalue weighted by Crippen LogP contribution is 2.25. The minimum atomic E-state index is -4.80.